The maximum absolute atomic E-state index is 11.1. The summed E-state index contributed by atoms with van der Waals surface area (Å²) in [5.74, 6) is -1.35. The zero-order chi connectivity index (χ0) is 24.7. The Morgan fingerprint density at radius 2 is 0.848 bits per heavy atom. The second-order valence-corrected chi connectivity index (χ2v) is 12.3. The number of carbonyl (C=O) groups excluding carboxylic acids is 2. The zero-order valence-corrected chi connectivity index (χ0v) is 24.4. The average Bonchev–Trinajstić information content (AvgIpc) is 3.04. The molecule has 0 saturated heterocycles. The third-order valence-electron chi connectivity index (χ3n) is 3.20. The third kappa shape index (κ3) is 9.53. The van der Waals surface area contributed by atoms with Crippen molar-refractivity contribution in [2.75, 3.05) is 25.0 Å². The van der Waals surface area contributed by atoms with Gasteiger partial charge in [-0.05, 0) is 12.1 Å². The van der Waals surface area contributed by atoms with Gasteiger partial charge >= 0.3 is 19.5 Å². The second-order valence-electron chi connectivity index (χ2n) is 6.22. The Morgan fingerprint density at radius 3 is 1.09 bits per heavy atom. The van der Waals surface area contributed by atoms with Crippen molar-refractivity contribution in [2.24, 2.45) is 0 Å². The van der Waals surface area contributed by atoms with Gasteiger partial charge in [0.05, 0.1) is 21.6 Å². The van der Waals surface area contributed by atoms with Crippen LogP contribution in [-0.4, -0.2) is 62.1 Å². The first-order valence-electron chi connectivity index (χ1n) is 8.42. The normalized spacial score (nSPS) is 15.6. The first-order chi connectivity index (χ1) is 14.7. The summed E-state index contributed by atoms with van der Waals surface area (Å²) in [6.07, 6.45) is 6.56. The van der Waals surface area contributed by atoms with E-state index in [1.54, 1.807) is 49.3 Å². The molecule has 0 N–H and O–H groups in total. The first kappa shape index (κ1) is 31.2. The van der Waals surface area contributed by atoms with Crippen LogP contribution in [0.2, 0.25) is 0 Å². The number of hydrogen-bond acceptors (Lipinski definition) is 8. The van der Waals surface area contributed by atoms with Crippen LogP contribution < -0.4 is 0 Å². The Labute approximate surface area is 210 Å². The topological polar surface area (TPSA) is 165 Å². The maximum Gasteiger partial charge on any atom is 2.00 e. The number of carbonyl (C=O) groups is 2. The molecule has 2 aliphatic rings. The van der Waals surface area contributed by atoms with Gasteiger partial charge in [0.1, 0.15) is 20.0 Å². The fourth-order valence-corrected chi connectivity index (χ4v) is 4.35. The van der Waals surface area contributed by atoms with Crippen molar-refractivity contribution in [1.82, 2.24) is 0 Å². The minimum Gasteiger partial charge on any atom is -0.537 e. The van der Waals surface area contributed by atoms with Crippen LogP contribution in [0.15, 0.2) is 58.3 Å². The average molecular weight is 586 g/mol. The molecule has 0 spiro atoms. The Kier molecular flexibility index (Phi) is 12.5. The van der Waals surface area contributed by atoms with Gasteiger partial charge in [-0.15, -0.1) is 0 Å². The van der Waals surface area contributed by atoms with Gasteiger partial charge in [0.25, 0.3) is 0 Å². The van der Waals surface area contributed by atoms with Gasteiger partial charge in [-0.25, -0.2) is 16.8 Å². The van der Waals surface area contributed by atoms with E-state index in [0.29, 0.717) is 0 Å². The van der Waals surface area contributed by atoms with Crippen LogP contribution in [-0.2, 0) is 61.1 Å². The number of nitrogens with zero attached hydrogens (tertiary/aromatic N) is 2. The molecule has 2 aliphatic heterocycles. The van der Waals surface area contributed by atoms with Crippen molar-refractivity contribution < 1.29 is 54.3 Å². The summed E-state index contributed by atoms with van der Waals surface area (Å²) in [6, 6.07) is 12.0. The Bertz CT molecular complexity index is 1170. The molecule has 0 unspecified atom stereocenters. The summed E-state index contributed by atoms with van der Waals surface area (Å²) in [7, 11) is -8.58. The van der Waals surface area contributed by atoms with E-state index < -0.39 is 53.5 Å². The summed E-state index contributed by atoms with van der Waals surface area (Å²) in [5, 5.41) is 0. The van der Waals surface area contributed by atoms with E-state index in [-0.39, 0.29) is 40.4 Å². The van der Waals surface area contributed by atoms with Crippen LogP contribution in [0.5, 0.6) is 0 Å². The van der Waals surface area contributed by atoms with E-state index in [2.05, 4.69) is 9.44 Å². The molecule has 10 nitrogen and oxygen atoms in total. The van der Waals surface area contributed by atoms with Crippen molar-refractivity contribution in [1.29, 1.82) is 0 Å². The van der Waals surface area contributed by atoms with Crippen molar-refractivity contribution in [3.05, 3.63) is 69.1 Å². The third-order valence-corrected chi connectivity index (χ3v) is 5.83. The number of fused-ring (bicyclic) bond motifs is 2. The minimum atomic E-state index is -3.68. The van der Waals surface area contributed by atoms with Crippen molar-refractivity contribution in [3.63, 3.8) is 0 Å². The standard InChI is InChI=1S/2C7H5NO3S.2C2H6OS.Zn/c2*9-7-5-3-1-2-4-6(5)12(10,11)8-7;2*1-4(2)3;/h2*1-4H,(H,8,9);2*1-2H3;/q;;;;+2/p-2. The summed E-state index contributed by atoms with van der Waals surface area (Å²) in [5.41, 5.74) is 0.329. The second kappa shape index (κ2) is 13.2. The predicted octanol–water partition coefficient (Wildman–Crippen LogP) is 1.79. The molecule has 2 aromatic carbocycles. The quantitative estimate of drug-likeness (QED) is 0.422. The first-order valence-corrected chi connectivity index (χ1v) is 15.2. The smallest absolute Gasteiger partial charge is 0.537 e. The number of benzene rings is 2. The van der Waals surface area contributed by atoms with Crippen LogP contribution >= 0.6 is 0 Å². The molecule has 15 heteroatoms. The number of amides is 2. The molecular formula is C18H20N2O8S4Zn. The largest absolute Gasteiger partial charge is 2.00 e. The molecule has 4 rings (SSSR count). The van der Waals surface area contributed by atoms with Gasteiger partial charge in [-0.2, -0.15) is 0 Å². The van der Waals surface area contributed by atoms with E-state index >= 15 is 0 Å². The molecule has 0 radical (unpaired) electrons. The monoisotopic (exact) mass is 584 g/mol. The van der Waals surface area contributed by atoms with E-state index in [1.165, 1.54) is 24.3 Å². The molecule has 0 bridgehead atoms. The maximum atomic E-state index is 11.1. The molecule has 0 fully saturated rings. The zero-order valence-electron chi connectivity index (χ0n) is 18.1. The van der Waals surface area contributed by atoms with Crippen molar-refractivity contribution >= 4 is 53.5 Å². The van der Waals surface area contributed by atoms with Gasteiger partial charge < -0.3 is 19.0 Å². The van der Waals surface area contributed by atoms with Gasteiger partial charge in [0, 0.05) is 57.7 Å². The molecule has 2 amide bonds. The van der Waals surface area contributed by atoms with Crippen LogP contribution in [0.4, 0.5) is 0 Å². The van der Waals surface area contributed by atoms with Gasteiger partial charge in [0.15, 0.2) is 0 Å². The van der Waals surface area contributed by atoms with E-state index in [4.69, 9.17) is 0 Å². The number of sulfonamides is 2. The van der Waals surface area contributed by atoms with Gasteiger partial charge in [-0.3, -0.25) is 8.42 Å². The SMILES string of the molecule is CS(C)=O.CS(C)=O.O=C1[N-]S(=O)(=O)c2ccccc21.O=C1[N-]S(=O)(=O)c2ccccc21.[Zn+2]. The summed E-state index contributed by atoms with van der Waals surface area (Å²) in [6.45, 7) is 0. The minimum absolute atomic E-state index is 0. The Balaban J connectivity index is 0.000000462. The van der Waals surface area contributed by atoms with Crippen LogP contribution in [0, 0.1) is 0 Å². The van der Waals surface area contributed by atoms with E-state index in [9.17, 15) is 34.8 Å². The summed E-state index contributed by atoms with van der Waals surface area (Å²) < 4.78 is 69.5. The molecule has 2 heterocycles. The van der Waals surface area contributed by atoms with Gasteiger partial charge in [0.2, 0.25) is 0 Å². The molecule has 0 atom stereocenters. The van der Waals surface area contributed by atoms with Crippen LogP contribution in [0.1, 0.15) is 20.7 Å². The Morgan fingerprint density at radius 1 is 0.606 bits per heavy atom. The molecule has 0 aromatic heterocycles. The van der Waals surface area contributed by atoms with Crippen LogP contribution in [0.3, 0.4) is 0 Å². The molecular weight excluding hydrogens is 566 g/mol. The fourth-order valence-electron chi connectivity index (χ4n) is 2.15. The number of hydrogen-bond donors (Lipinski definition) is 0. The molecule has 2 aromatic rings. The molecule has 0 saturated carbocycles. The van der Waals surface area contributed by atoms with Gasteiger partial charge in [-0.1, -0.05) is 36.4 Å². The van der Waals surface area contributed by atoms with E-state index in [0.717, 1.165) is 0 Å². The summed E-state index contributed by atoms with van der Waals surface area (Å²) in [4.78, 5) is 21.9. The molecule has 0 aliphatic carbocycles. The fraction of sp³-hybridized carbons (Fsp3) is 0.222. The van der Waals surface area contributed by atoms with E-state index in [1.807, 2.05) is 0 Å². The predicted molar refractivity (Wildman–Crippen MR) is 123 cm³/mol. The Hall–Kier alpha value is -1.80. The molecule has 176 valence electrons. The number of rotatable bonds is 0. The molecule has 33 heavy (non-hydrogen) atoms. The summed E-state index contributed by atoms with van der Waals surface area (Å²) >= 11 is 0. The van der Waals surface area contributed by atoms with Crippen molar-refractivity contribution in [2.45, 2.75) is 9.79 Å². The van der Waals surface area contributed by atoms with Crippen LogP contribution in [0.25, 0.3) is 9.44 Å². The van der Waals surface area contributed by atoms with Crippen molar-refractivity contribution in [3.8, 4) is 0 Å².